The number of primary sulfonamides is 1. The molecule has 0 aliphatic rings. The first-order valence-corrected chi connectivity index (χ1v) is 8.99. The number of aryl methyl sites for hydroxylation is 2. The van der Waals surface area contributed by atoms with Crippen LogP contribution in [0.15, 0.2) is 47.4 Å². The number of anilines is 2. The third-order valence-corrected chi connectivity index (χ3v) is 4.62. The molecule has 0 heterocycles. The standard InChI is InChI=1S/C17H21N3O3S/c1-11-7-8-15(9-12(11)2)19-13(3)17(21)20-14-5-4-6-16(10-14)24(18,22)23/h4-10,13,19H,1-3H3,(H,20,21)(H2,18,22,23)/t13-/m1/s1. The average Bonchev–Trinajstić information content (AvgIpc) is 2.50. The highest BCUT2D eigenvalue weighted by Crippen LogP contribution is 2.17. The Labute approximate surface area is 142 Å². The molecular formula is C17H21N3O3S. The summed E-state index contributed by atoms with van der Waals surface area (Å²) in [5.41, 5.74) is 3.53. The largest absolute Gasteiger partial charge is 0.374 e. The van der Waals surface area contributed by atoms with E-state index in [9.17, 15) is 13.2 Å². The maximum absolute atomic E-state index is 12.3. The van der Waals surface area contributed by atoms with Crippen LogP contribution >= 0.6 is 0 Å². The van der Waals surface area contributed by atoms with Gasteiger partial charge in [0.25, 0.3) is 0 Å². The highest BCUT2D eigenvalue weighted by molar-refractivity contribution is 7.89. The summed E-state index contributed by atoms with van der Waals surface area (Å²) in [4.78, 5) is 12.2. The van der Waals surface area contributed by atoms with Crippen LogP contribution in [0.2, 0.25) is 0 Å². The maximum atomic E-state index is 12.3. The molecule has 1 atom stereocenters. The van der Waals surface area contributed by atoms with Crippen molar-refractivity contribution in [3.05, 3.63) is 53.6 Å². The topological polar surface area (TPSA) is 101 Å². The molecule has 0 radical (unpaired) electrons. The first-order valence-electron chi connectivity index (χ1n) is 7.44. The van der Waals surface area contributed by atoms with Crippen molar-refractivity contribution >= 4 is 27.3 Å². The summed E-state index contributed by atoms with van der Waals surface area (Å²) in [6.07, 6.45) is 0. The van der Waals surface area contributed by atoms with Gasteiger partial charge in [-0.15, -0.1) is 0 Å². The highest BCUT2D eigenvalue weighted by Gasteiger charge is 2.14. The molecule has 2 aromatic rings. The summed E-state index contributed by atoms with van der Waals surface area (Å²) in [5.74, 6) is -0.278. The number of rotatable bonds is 5. The van der Waals surface area contributed by atoms with Gasteiger partial charge in [-0.1, -0.05) is 12.1 Å². The minimum Gasteiger partial charge on any atom is -0.374 e. The molecule has 6 nitrogen and oxygen atoms in total. The molecule has 0 aromatic heterocycles. The van der Waals surface area contributed by atoms with Crippen molar-refractivity contribution in [2.45, 2.75) is 31.7 Å². The molecule has 2 rings (SSSR count). The SMILES string of the molecule is Cc1ccc(N[C@H](C)C(=O)Nc2cccc(S(N)(=O)=O)c2)cc1C. The van der Waals surface area contributed by atoms with Gasteiger partial charge in [-0.05, 0) is 62.2 Å². The molecular weight excluding hydrogens is 326 g/mol. The molecule has 7 heteroatoms. The molecule has 0 unspecified atom stereocenters. The second-order valence-electron chi connectivity index (χ2n) is 5.73. The Balaban J connectivity index is 2.07. The molecule has 128 valence electrons. The number of carbonyl (C=O) groups excluding carboxylic acids is 1. The molecule has 0 aliphatic carbocycles. The van der Waals surface area contributed by atoms with Crippen LogP contribution < -0.4 is 15.8 Å². The highest BCUT2D eigenvalue weighted by atomic mass is 32.2. The number of nitrogens with two attached hydrogens (primary N) is 1. The summed E-state index contributed by atoms with van der Waals surface area (Å²) in [5, 5.41) is 10.9. The fraction of sp³-hybridized carbons (Fsp3) is 0.235. The van der Waals surface area contributed by atoms with Crippen LogP contribution in [-0.2, 0) is 14.8 Å². The molecule has 1 amide bonds. The predicted molar refractivity (Wildman–Crippen MR) is 95.4 cm³/mol. The molecule has 0 saturated carbocycles. The molecule has 2 aromatic carbocycles. The van der Waals surface area contributed by atoms with E-state index >= 15 is 0 Å². The van der Waals surface area contributed by atoms with Crippen molar-refractivity contribution in [2.75, 3.05) is 10.6 Å². The molecule has 0 aliphatic heterocycles. The summed E-state index contributed by atoms with van der Waals surface area (Å²) in [7, 11) is -3.81. The smallest absolute Gasteiger partial charge is 0.246 e. The van der Waals surface area contributed by atoms with Crippen LogP contribution in [0.5, 0.6) is 0 Å². The fourth-order valence-corrected chi connectivity index (χ4v) is 2.71. The van der Waals surface area contributed by atoms with Crippen LogP contribution in [0.4, 0.5) is 11.4 Å². The van der Waals surface area contributed by atoms with Crippen molar-refractivity contribution < 1.29 is 13.2 Å². The fourth-order valence-electron chi connectivity index (χ4n) is 2.15. The zero-order valence-electron chi connectivity index (χ0n) is 13.8. The molecule has 0 spiro atoms. The molecule has 0 fully saturated rings. The summed E-state index contributed by atoms with van der Waals surface area (Å²) in [6, 6.07) is 11.2. The van der Waals surface area contributed by atoms with Gasteiger partial charge in [-0.2, -0.15) is 0 Å². The lowest BCUT2D eigenvalue weighted by molar-refractivity contribution is -0.116. The Bertz CT molecular complexity index is 863. The van der Waals surface area contributed by atoms with Crippen LogP contribution in [0.3, 0.4) is 0 Å². The Hall–Kier alpha value is -2.38. The van der Waals surface area contributed by atoms with Crippen molar-refractivity contribution in [1.82, 2.24) is 0 Å². The predicted octanol–water partition coefficient (Wildman–Crippen LogP) is 2.39. The van der Waals surface area contributed by atoms with Gasteiger partial charge in [0, 0.05) is 11.4 Å². The van der Waals surface area contributed by atoms with Gasteiger partial charge < -0.3 is 10.6 Å². The number of sulfonamides is 1. The number of carbonyl (C=O) groups is 1. The minimum absolute atomic E-state index is 0.0462. The lowest BCUT2D eigenvalue weighted by atomic mass is 10.1. The zero-order valence-corrected chi connectivity index (χ0v) is 14.6. The van der Waals surface area contributed by atoms with Gasteiger partial charge in [-0.25, -0.2) is 13.6 Å². The third kappa shape index (κ3) is 4.56. The Kier molecular flexibility index (Phi) is 5.26. The van der Waals surface area contributed by atoms with Gasteiger partial charge in [0.2, 0.25) is 15.9 Å². The van der Waals surface area contributed by atoms with E-state index in [2.05, 4.69) is 10.6 Å². The number of nitrogens with one attached hydrogen (secondary N) is 2. The van der Waals surface area contributed by atoms with E-state index in [0.717, 1.165) is 11.3 Å². The molecule has 0 saturated heterocycles. The summed E-state index contributed by atoms with van der Waals surface area (Å²) < 4.78 is 22.7. The third-order valence-electron chi connectivity index (χ3n) is 3.71. The Morgan fingerprint density at radius 2 is 1.75 bits per heavy atom. The van der Waals surface area contributed by atoms with Crippen LogP contribution in [0.25, 0.3) is 0 Å². The second-order valence-corrected chi connectivity index (χ2v) is 7.29. The normalized spacial score (nSPS) is 12.5. The Morgan fingerprint density at radius 1 is 1.04 bits per heavy atom. The van der Waals surface area contributed by atoms with Gasteiger partial charge in [0.15, 0.2) is 0 Å². The lowest BCUT2D eigenvalue weighted by Gasteiger charge is -2.16. The van der Waals surface area contributed by atoms with E-state index in [1.54, 1.807) is 13.0 Å². The van der Waals surface area contributed by atoms with Crippen LogP contribution in [-0.4, -0.2) is 20.4 Å². The van der Waals surface area contributed by atoms with Crippen LogP contribution in [0, 0.1) is 13.8 Å². The lowest BCUT2D eigenvalue weighted by Crippen LogP contribution is -2.32. The van der Waals surface area contributed by atoms with Crippen molar-refractivity contribution in [1.29, 1.82) is 0 Å². The van der Waals surface area contributed by atoms with E-state index in [1.165, 1.54) is 23.8 Å². The van der Waals surface area contributed by atoms with Crippen molar-refractivity contribution in [2.24, 2.45) is 5.14 Å². The van der Waals surface area contributed by atoms with Crippen LogP contribution in [0.1, 0.15) is 18.1 Å². The van der Waals surface area contributed by atoms with Gasteiger partial charge in [-0.3, -0.25) is 4.79 Å². The average molecular weight is 347 g/mol. The number of benzene rings is 2. The molecule has 0 bridgehead atoms. The maximum Gasteiger partial charge on any atom is 0.246 e. The monoisotopic (exact) mass is 347 g/mol. The second kappa shape index (κ2) is 7.02. The molecule has 24 heavy (non-hydrogen) atoms. The van der Waals surface area contributed by atoms with Crippen molar-refractivity contribution in [3.63, 3.8) is 0 Å². The number of hydrogen-bond donors (Lipinski definition) is 3. The van der Waals surface area contributed by atoms with Crippen molar-refractivity contribution in [3.8, 4) is 0 Å². The van der Waals surface area contributed by atoms with E-state index in [0.29, 0.717) is 5.69 Å². The zero-order chi connectivity index (χ0) is 17.9. The van der Waals surface area contributed by atoms with E-state index in [-0.39, 0.29) is 10.8 Å². The van der Waals surface area contributed by atoms with E-state index < -0.39 is 16.1 Å². The minimum atomic E-state index is -3.81. The first-order chi connectivity index (χ1) is 11.2. The summed E-state index contributed by atoms with van der Waals surface area (Å²) in [6.45, 7) is 5.76. The number of amides is 1. The van der Waals surface area contributed by atoms with Gasteiger partial charge >= 0.3 is 0 Å². The van der Waals surface area contributed by atoms with Gasteiger partial charge in [0.05, 0.1) is 4.90 Å². The number of hydrogen-bond acceptors (Lipinski definition) is 4. The van der Waals surface area contributed by atoms with Gasteiger partial charge in [0.1, 0.15) is 6.04 Å². The molecule has 4 N–H and O–H groups in total. The Morgan fingerprint density at radius 3 is 2.38 bits per heavy atom. The van der Waals surface area contributed by atoms with E-state index in [4.69, 9.17) is 5.14 Å². The quantitative estimate of drug-likeness (QED) is 0.773. The first kappa shape index (κ1) is 18.0. The summed E-state index contributed by atoms with van der Waals surface area (Å²) >= 11 is 0. The van der Waals surface area contributed by atoms with E-state index in [1.807, 2.05) is 32.0 Å².